The molecule has 1 atom stereocenters. The normalized spacial score (nSPS) is 20.8. The summed E-state index contributed by atoms with van der Waals surface area (Å²) >= 11 is 1.04. The third-order valence-electron chi connectivity index (χ3n) is 2.92. The second-order valence-corrected chi connectivity index (χ2v) is 5.34. The molecule has 0 saturated heterocycles. The first-order valence-electron chi connectivity index (χ1n) is 5.53. The van der Waals surface area contributed by atoms with Crippen LogP contribution >= 0.6 is 11.8 Å². The van der Waals surface area contributed by atoms with E-state index in [0.717, 1.165) is 11.8 Å². The topological polar surface area (TPSA) is 69.7 Å². The maximum atomic E-state index is 12.4. The van der Waals surface area contributed by atoms with Gasteiger partial charge in [0.25, 0.3) is 0 Å². The van der Waals surface area contributed by atoms with Gasteiger partial charge in [-0.25, -0.2) is 0 Å². The molecule has 1 heterocycles. The zero-order valence-corrected chi connectivity index (χ0v) is 11.3. The molecule has 0 amide bonds. The molecular weight excluding hydrogens is 268 g/mol. The summed E-state index contributed by atoms with van der Waals surface area (Å²) in [5.41, 5.74) is 0.432. The molecule has 100 valence electrons. The van der Waals surface area contributed by atoms with Crippen LogP contribution in [0.2, 0.25) is 0 Å². The number of ether oxygens (including phenoxy) is 2. The summed E-state index contributed by atoms with van der Waals surface area (Å²) in [5, 5.41) is 0. The van der Waals surface area contributed by atoms with Crippen LogP contribution in [0.1, 0.15) is 16.8 Å². The Morgan fingerprint density at radius 3 is 2.47 bits per heavy atom. The third-order valence-corrected chi connectivity index (χ3v) is 4.34. The van der Waals surface area contributed by atoms with Crippen molar-refractivity contribution >= 4 is 29.5 Å². The lowest BCUT2D eigenvalue weighted by atomic mass is 9.94. The summed E-state index contributed by atoms with van der Waals surface area (Å²) in [6, 6.07) is 6.85. The summed E-state index contributed by atoms with van der Waals surface area (Å²) in [6.07, 6.45) is -0.339. The lowest BCUT2D eigenvalue weighted by Crippen LogP contribution is -2.43. The van der Waals surface area contributed by atoms with E-state index in [1.807, 2.05) is 0 Å². The van der Waals surface area contributed by atoms with Crippen molar-refractivity contribution in [2.24, 2.45) is 0 Å². The van der Waals surface area contributed by atoms with Crippen LogP contribution in [0.15, 0.2) is 29.2 Å². The van der Waals surface area contributed by atoms with E-state index in [1.165, 1.54) is 14.2 Å². The maximum absolute atomic E-state index is 12.4. The number of thioether (sulfide) groups is 1. The van der Waals surface area contributed by atoms with Crippen molar-refractivity contribution in [3.8, 4) is 0 Å². The predicted octanol–water partition coefficient (Wildman–Crippen LogP) is 1.45. The lowest BCUT2D eigenvalue weighted by molar-refractivity contribution is -0.148. The maximum Gasteiger partial charge on any atom is 0.330 e. The van der Waals surface area contributed by atoms with Gasteiger partial charge in [0.1, 0.15) is 0 Å². The second-order valence-electron chi connectivity index (χ2n) is 4.00. The molecule has 0 radical (unpaired) electrons. The Morgan fingerprint density at radius 1 is 1.21 bits per heavy atom. The van der Waals surface area contributed by atoms with Crippen molar-refractivity contribution in [1.29, 1.82) is 0 Å². The lowest BCUT2D eigenvalue weighted by Gasteiger charge is -2.21. The van der Waals surface area contributed by atoms with E-state index in [2.05, 4.69) is 4.74 Å². The average Bonchev–Trinajstić information content (AvgIpc) is 2.72. The Kier molecular flexibility index (Phi) is 3.61. The summed E-state index contributed by atoms with van der Waals surface area (Å²) < 4.78 is 7.70. The number of Topliss-reactive ketones (excluding diaryl/α,β-unsaturated/α-hetero) is 1. The second kappa shape index (κ2) is 5.05. The predicted molar refractivity (Wildman–Crippen MR) is 68.0 cm³/mol. The van der Waals surface area contributed by atoms with E-state index in [9.17, 15) is 14.4 Å². The number of carbonyl (C=O) groups excluding carboxylic acids is 3. The first kappa shape index (κ1) is 13.6. The van der Waals surface area contributed by atoms with Gasteiger partial charge >= 0.3 is 11.9 Å². The number of carbonyl (C=O) groups is 3. The van der Waals surface area contributed by atoms with Crippen molar-refractivity contribution in [1.82, 2.24) is 0 Å². The van der Waals surface area contributed by atoms with Crippen molar-refractivity contribution in [3.05, 3.63) is 29.8 Å². The number of methoxy groups -OCH3 is 2. The molecule has 2 rings (SSSR count). The standard InChI is InChI=1S/C13H12O5S/c1-17-10(14)7-13(12(16)18-2)11(15)8-5-3-4-6-9(8)19-13/h3-6H,7H2,1-2H3/t13-/m1/s1. The van der Waals surface area contributed by atoms with E-state index in [0.29, 0.717) is 10.5 Å². The highest BCUT2D eigenvalue weighted by Gasteiger charge is 2.55. The zero-order chi connectivity index (χ0) is 14.0. The third kappa shape index (κ3) is 2.12. The van der Waals surface area contributed by atoms with E-state index in [4.69, 9.17) is 4.74 Å². The molecule has 0 aliphatic carbocycles. The summed E-state index contributed by atoms with van der Waals surface area (Å²) in [4.78, 5) is 36.6. The minimum Gasteiger partial charge on any atom is -0.469 e. The molecule has 1 aromatic carbocycles. The highest BCUT2D eigenvalue weighted by molar-refractivity contribution is 8.03. The van der Waals surface area contributed by atoms with Gasteiger partial charge in [0.05, 0.1) is 20.6 Å². The van der Waals surface area contributed by atoms with E-state index < -0.39 is 22.5 Å². The molecule has 0 fully saturated rings. The molecule has 0 bridgehead atoms. The number of rotatable bonds is 3. The van der Waals surface area contributed by atoms with Crippen LogP contribution in [0.25, 0.3) is 0 Å². The molecule has 19 heavy (non-hydrogen) atoms. The van der Waals surface area contributed by atoms with Gasteiger partial charge in [0.15, 0.2) is 10.5 Å². The van der Waals surface area contributed by atoms with Gasteiger partial charge in [-0.05, 0) is 6.07 Å². The summed E-state index contributed by atoms with van der Waals surface area (Å²) in [7, 11) is 2.41. The highest BCUT2D eigenvalue weighted by atomic mass is 32.2. The van der Waals surface area contributed by atoms with Crippen LogP contribution < -0.4 is 0 Å². The first-order valence-corrected chi connectivity index (χ1v) is 6.35. The van der Waals surface area contributed by atoms with Gasteiger partial charge in [0, 0.05) is 10.5 Å². The minimum atomic E-state index is -1.56. The Morgan fingerprint density at radius 2 is 1.89 bits per heavy atom. The fourth-order valence-corrected chi connectivity index (χ4v) is 3.31. The van der Waals surface area contributed by atoms with Crippen LogP contribution in [0.4, 0.5) is 0 Å². The number of benzene rings is 1. The van der Waals surface area contributed by atoms with Crippen molar-refractivity contribution in [2.45, 2.75) is 16.1 Å². The first-order chi connectivity index (χ1) is 9.05. The summed E-state index contributed by atoms with van der Waals surface area (Å²) in [5.74, 6) is -1.77. The molecule has 1 aliphatic heterocycles. The fraction of sp³-hybridized carbons (Fsp3) is 0.308. The van der Waals surface area contributed by atoms with Gasteiger partial charge in [0.2, 0.25) is 0 Å². The monoisotopic (exact) mass is 280 g/mol. The molecular formula is C13H12O5S. The van der Waals surface area contributed by atoms with Crippen molar-refractivity contribution < 1.29 is 23.9 Å². The molecule has 0 spiro atoms. The number of hydrogen-bond donors (Lipinski definition) is 0. The van der Waals surface area contributed by atoms with Gasteiger partial charge in [-0.2, -0.15) is 0 Å². The highest BCUT2D eigenvalue weighted by Crippen LogP contribution is 2.47. The number of fused-ring (bicyclic) bond motifs is 1. The van der Waals surface area contributed by atoms with Gasteiger partial charge in [-0.1, -0.05) is 30.0 Å². The Labute approximate surface area is 114 Å². The summed E-state index contributed by atoms with van der Waals surface area (Å²) in [6.45, 7) is 0. The Balaban J connectivity index is 2.45. The number of ketones is 1. The van der Waals surface area contributed by atoms with Crippen LogP contribution in [0, 0.1) is 0 Å². The van der Waals surface area contributed by atoms with Gasteiger partial charge < -0.3 is 9.47 Å². The number of hydrogen-bond acceptors (Lipinski definition) is 6. The molecule has 0 saturated carbocycles. The Hall–Kier alpha value is -1.82. The number of esters is 2. The Bertz CT molecular complexity index is 554. The van der Waals surface area contributed by atoms with E-state index in [1.54, 1.807) is 24.3 Å². The molecule has 0 unspecified atom stereocenters. The molecule has 6 heteroatoms. The molecule has 1 aromatic rings. The van der Waals surface area contributed by atoms with Crippen LogP contribution in [-0.2, 0) is 19.1 Å². The van der Waals surface area contributed by atoms with E-state index >= 15 is 0 Å². The zero-order valence-electron chi connectivity index (χ0n) is 10.5. The minimum absolute atomic E-state index is 0.339. The van der Waals surface area contributed by atoms with E-state index in [-0.39, 0.29) is 6.42 Å². The largest absolute Gasteiger partial charge is 0.469 e. The van der Waals surface area contributed by atoms with Crippen LogP contribution in [0.5, 0.6) is 0 Å². The van der Waals surface area contributed by atoms with Crippen molar-refractivity contribution in [2.75, 3.05) is 14.2 Å². The van der Waals surface area contributed by atoms with Crippen molar-refractivity contribution in [3.63, 3.8) is 0 Å². The fourth-order valence-electron chi connectivity index (χ4n) is 1.96. The molecule has 1 aliphatic rings. The quantitative estimate of drug-likeness (QED) is 0.616. The van der Waals surface area contributed by atoms with Gasteiger partial charge in [-0.3, -0.25) is 14.4 Å². The molecule has 0 aromatic heterocycles. The van der Waals surface area contributed by atoms with Crippen LogP contribution in [0.3, 0.4) is 0 Å². The molecule has 5 nitrogen and oxygen atoms in total. The smallest absolute Gasteiger partial charge is 0.330 e. The average molecular weight is 280 g/mol. The SMILES string of the molecule is COC(=O)C[C@@]1(C(=O)OC)Sc2ccccc2C1=O. The van der Waals surface area contributed by atoms with Crippen LogP contribution in [-0.4, -0.2) is 36.7 Å². The van der Waals surface area contributed by atoms with Gasteiger partial charge in [-0.15, -0.1) is 0 Å². The molecule has 0 N–H and O–H groups in total.